The number of methoxy groups -OCH3 is 3. The molecule has 0 radical (unpaired) electrons. The van der Waals surface area contributed by atoms with Crippen LogP contribution in [0.5, 0.6) is 17.2 Å². The van der Waals surface area contributed by atoms with Gasteiger partial charge in [-0.2, -0.15) is 4.31 Å². The molecule has 8 nitrogen and oxygen atoms in total. The predicted octanol–water partition coefficient (Wildman–Crippen LogP) is 4.33. The Hall–Kier alpha value is -3.86. The van der Waals surface area contributed by atoms with Crippen LogP contribution in [0.3, 0.4) is 0 Å². The van der Waals surface area contributed by atoms with Crippen LogP contribution in [0.25, 0.3) is 0 Å². The van der Waals surface area contributed by atoms with Crippen molar-refractivity contribution < 1.29 is 36.2 Å². The fourth-order valence-corrected chi connectivity index (χ4v) is 5.26. The van der Waals surface area contributed by atoms with Crippen molar-refractivity contribution in [3.8, 4) is 17.2 Å². The summed E-state index contributed by atoms with van der Waals surface area (Å²) >= 11 is 0. The van der Waals surface area contributed by atoms with Gasteiger partial charge in [0.2, 0.25) is 0 Å². The molecule has 178 valence electrons. The summed E-state index contributed by atoms with van der Waals surface area (Å²) in [5.41, 5.74) is -0.452. The molecule has 3 aromatic carbocycles. The maximum absolute atomic E-state index is 14.7. The van der Waals surface area contributed by atoms with Gasteiger partial charge in [0.25, 0.3) is 10.0 Å². The molecule has 0 bridgehead atoms. The van der Waals surface area contributed by atoms with E-state index >= 15 is 0 Å². The van der Waals surface area contributed by atoms with Gasteiger partial charge in [0.15, 0.2) is 11.5 Å². The lowest BCUT2D eigenvalue weighted by molar-refractivity contribution is 0.253. The Labute approximate surface area is 194 Å². The quantitative estimate of drug-likeness (QED) is 0.512. The minimum absolute atomic E-state index is 0.00107. The second-order valence-corrected chi connectivity index (χ2v) is 8.97. The first-order valence-electron chi connectivity index (χ1n) is 9.92. The summed E-state index contributed by atoms with van der Waals surface area (Å²) < 4.78 is 72.1. The normalized spacial score (nSPS) is 14.6. The highest BCUT2D eigenvalue weighted by atomic mass is 32.2. The predicted molar refractivity (Wildman–Crippen MR) is 120 cm³/mol. The first-order chi connectivity index (χ1) is 16.2. The molecule has 0 aromatic heterocycles. The summed E-state index contributed by atoms with van der Waals surface area (Å²) in [6.45, 7) is -0.559. The highest BCUT2D eigenvalue weighted by Crippen LogP contribution is 2.40. The zero-order chi connectivity index (χ0) is 24.6. The van der Waals surface area contributed by atoms with Gasteiger partial charge in [-0.15, -0.1) is 0 Å². The Morgan fingerprint density at radius 3 is 2.12 bits per heavy atom. The van der Waals surface area contributed by atoms with E-state index in [4.69, 9.17) is 14.2 Å². The van der Waals surface area contributed by atoms with Gasteiger partial charge in [0, 0.05) is 23.8 Å². The molecule has 4 rings (SSSR count). The third kappa shape index (κ3) is 3.77. The van der Waals surface area contributed by atoms with Crippen LogP contribution in [0.4, 0.5) is 25.0 Å². The molecule has 1 aliphatic heterocycles. The summed E-state index contributed by atoms with van der Waals surface area (Å²) in [5, 5.41) is 0. The van der Waals surface area contributed by atoms with E-state index in [-0.39, 0.29) is 27.8 Å². The van der Waals surface area contributed by atoms with Gasteiger partial charge in [-0.25, -0.2) is 22.0 Å². The van der Waals surface area contributed by atoms with Crippen molar-refractivity contribution in [2.75, 3.05) is 30.5 Å². The van der Waals surface area contributed by atoms with Gasteiger partial charge in [-0.05, 0) is 24.3 Å². The van der Waals surface area contributed by atoms with E-state index in [1.807, 2.05) is 0 Å². The van der Waals surface area contributed by atoms with Crippen LogP contribution in [-0.2, 0) is 16.6 Å². The molecule has 0 fully saturated rings. The number of benzene rings is 3. The number of ether oxygens (including phenoxy) is 3. The fourth-order valence-electron chi connectivity index (χ4n) is 3.67. The maximum Gasteiger partial charge on any atom is 0.343 e. The van der Waals surface area contributed by atoms with Crippen molar-refractivity contribution in [2.45, 2.75) is 11.4 Å². The molecule has 3 aromatic rings. The number of urea groups is 1. The van der Waals surface area contributed by atoms with Crippen molar-refractivity contribution >= 4 is 27.4 Å². The average molecular weight is 490 g/mol. The second kappa shape index (κ2) is 8.82. The van der Waals surface area contributed by atoms with Crippen LogP contribution in [0.1, 0.15) is 5.56 Å². The van der Waals surface area contributed by atoms with Crippen LogP contribution in [0.15, 0.2) is 59.5 Å². The number of sulfonamides is 1. The highest BCUT2D eigenvalue weighted by molar-refractivity contribution is 7.94. The van der Waals surface area contributed by atoms with Crippen LogP contribution in [-0.4, -0.2) is 35.8 Å². The summed E-state index contributed by atoms with van der Waals surface area (Å²) in [6, 6.07) is 10.8. The number of nitrogens with zero attached hydrogens (tertiary/aromatic N) is 2. The van der Waals surface area contributed by atoms with Crippen molar-refractivity contribution in [3.63, 3.8) is 0 Å². The van der Waals surface area contributed by atoms with Crippen molar-refractivity contribution in [3.05, 3.63) is 71.8 Å². The number of hydrogen-bond donors (Lipinski definition) is 0. The van der Waals surface area contributed by atoms with E-state index in [2.05, 4.69) is 0 Å². The molecule has 0 unspecified atom stereocenters. The Bertz CT molecular complexity index is 1360. The van der Waals surface area contributed by atoms with E-state index in [0.29, 0.717) is 10.1 Å². The summed E-state index contributed by atoms with van der Waals surface area (Å²) in [5.74, 6) is -1.38. The summed E-state index contributed by atoms with van der Waals surface area (Å²) in [6.07, 6.45) is 0. The largest absolute Gasteiger partial charge is 0.497 e. The van der Waals surface area contributed by atoms with E-state index < -0.39 is 39.8 Å². The van der Waals surface area contributed by atoms with E-state index in [1.165, 1.54) is 63.8 Å². The SMILES string of the molecule is COc1cc(F)c(CN2C(=O)N(c3ccc(OC)c(OC)c3)S(=O)(=O)c3ccccc32)c(F)c1. The topological polar surface area (TPSA) is 85.4 Å². The standard InChI is InChI=1S/C23H20F2N2O6S/c1-31-15-11-17(24)16(18(25)12-15)13-26-19-6-4-5-7-22(19)34(29,30)27(23(26)28)14-8-9-20(32-2)21(10-14)33-3/h4-12H,13H2,1-3H3. The number of anilines is 2. The molecular formula is C23H20F2N2O6S. The minimum atomic E-state index is -4.35. The highest BCUT2D eigenvalue weighted by Gasteiger charge is 2.43. The second-order valence-electron chi connectivity index (χ2n) is 7.21. The number of carbonyl (C=O) groups is 1. The van der Waals surface area contributed by atoms with E-state index in [9.17, 15) is 22.0 Å². The smallest absolute Gasteiger partial charge is 0.343 e. The van der Waals surface area contributed by atoms with Crippen LogP contribution >= 0.6 is 0 Å². The summed E-state index contributed by atoms with van der Waals surface area (Å²) in [4.78, 5) is 14.3. The molecule has 0 spiro atoms. The zero-order valence-electron chi connectivity index (χ0n) is 18.4. The van der Waals surface area contributed by atoms with Gasteiger partial charge in [-0.3, -0.25) is 4.90 Å². The first kappa shape index (κ1) is 23.3. The lowest BCUT2D eigenvalue weighted by Gasteiger charge is -2.36. The van der Waals surface area contributed by atoms with Crippen molar-refractivity contribution in [1.82, 2.24) is 0 Å². The number of carbonyl (C=O) groups excluding carboxylic acids is 1. The first-order valence-corrected chi connectivity index (χ1v) is 11.4. The Morgan fingerprint density at radius 2 is 1.50 bits per heavy atom. The zero-order valence-corrected chi connectivity index (χ0v) is 19.2. The molecule has 0 saturated carbocycles. The van der Waals surface area contributed by atoms with Crippen molar-refractivity contribution in [2.24, 2.45) is 0 Å². The van der Waals surface area contributed by atoms with Gasteiger partial charge >= 0.3 is 6.03 Å². The minimum Gasteiger partial charge on any atom is -0.497 e. The number of rotatable bonds is 6. The Morgan fingerprint density at radius 1 is 0.853 bits per heavy atom. The number of fused-ring (bicyclic) bond motifs is 1. The van der Waals surface area contributed by atoms with Gasteiger partial charge < -0.3 is 14.2 Å². The number of amides is 2. The Balaban J connectivity index is 1.87. The molecule has 0 N–H and O–H groups in total. The van der Waals surface area contributed by atoms with Gasteiger partial charge in [-0.1, -0.05) is 12.1 Å². The molecule has 34 heavy (non-hydrogen) atoms. The summed E-state index contributed by atoms with van der Waals surface area (Å²) in [7, 11) is -0.300. The number of halogens is 2. The molecule has 0 atom stereocenters. The fraction of sp³-hybridized carbons (Fsp3) is 0.174. The lowest BCUT2D eigenvalue weighted by atomic mass is 10.1. The van der Waals surface area contributed by atoms with E-state index in [0.717, 1.165) is 17.0 Å². The van der Waals surface area contributed by atoms with Crippen LogP contribution in [0, 0.1) is 11.6 Å². The number of hydrogen-bond acceptors (Lipinski definition) is 6. The third-order valence-corrected chi connectivity index (χ3v) is 7.10. The monoisotopic (exact) mass is 490 g/mol. The van der Waals surface area contributed by atoms with E-state index in [1.54, 1.807) is 0 Å². The maximum atomic E-state index is 14.7. The Kier molecular flexibility index (Phi) is 6.05. The molecule has 0 saturated heterocycles. The average Bonchev–Trinajstić information content (AvgIpc) is 2.82. The third-order valence-electron chi connectivity index (χ3n) is 5.35. The van der Waals surface area contributed by atoms with Crippen molar-refractivity contribution in [1.29, 1.82) is 0 Å². The molecular weight excluding hydrogens is 470 g/mol. The van der Waals surface area contributed by atoms with Gasteiger partial charge in [0.1, 0.15) is 22.3 Å². The molecule has 1 aliphatic rings. The molecule has 0 aliphatic carbocycles. The molecule has 2 amide bonds. The number of para-hydroxylation sites is 1. The van der Waals surface area contributed by atoms with Gasteiger partial charge in [0.05, 0.1) is 39.2 Å². The lowest BCUT2D eigenvalue weighted by Crippen LogP contribution is -2.50. The van der Waals surface area contributed by atoms with Crippen LogP contribution < -0.4 is 23.4 Å². The van der Waals surface area contributed by atoms with Crippen LogP contribution in [0.2, 0.25) is 0 Å². The molecule has 11 heteroatoms. The molecule has 1 heterocycles.